The van der Waals surface area contributed by atoms with Crippen LogP contribution < -0.4 is 0 Å². The molecule has 0 unspecified atom stereocenters. The van der Waals surface area contributed by atoms with Gasteiger partial charge in [-0.1, -0.05) is 6.92 Å². The van der Waals surface area contributed by atoms with Gasteiger partial charge in [0.05, 0.1) is 11.8 Å². The molecule has 0 radical (unpaired) electrons. The summed E-state index contributed by atoms with van der Waals surface area (Å²) in [5, 5.41) is 6.78. The van der Waals surface area contributed by atoms with E-state index in [9.17, 15) is 13.2 Å². The number of H-pyrrole nitrogens is 1. The maximum absolute atomic E-state index is 12.8. The van der Waals surface area contributed by atoms with Crippen LogP contribution in [0.1, 0.15) is 23.0 Å². The fraction of sp³-hybridized carbons (Fsp3) is 0.733. The zero-order valence-electron chi connectivity index (χ0n) is 14.8. The second-order valence-corrected chi connectivity index (χ2v) is 8.45. The lowest BCUT2D eigenvalue weighted by Crippen LogP contribution is -2.57. The molecular formula is C15H26N6O3S. The summed E-state index contributed by atoms with van der Waals surface area (Å²) in [4.78, 5) is 16.4. The highest BCUT2D eigenvalue weighted by molar-refractivity contribution is 7.86. The number of aromatic amines is 1. The van der Waals surface area contributed by atoms with Gasteiger partial charge in [0.2, 0.25) is 0 Å². The quantitative estimate of drug-likeness (QED) is 0.751. The van der Waals surface area contributed by atoms with E-state index in [2.05, 4.69) is 15.1 Å². The Morgan fingerprint density at radius 2 is 1.64 bits per heavy atom. The minimum Gasteiger partial charge on any atom is -0.336 e. The molecule has 140 valence electrons. The van der Waals surface area contributed by atoms with Gasteiger partial charge in [-0.05, 0) is 13.5 Å². The molecule has 2 fully saturated rings. The van der Waals surface area contributed by atoms with E-state index in [1.807, 2.05) is 14.0 Å². The Hall–Kier alpha value is -1.49. The highest BCUT2D eigenvalue weighted by Gasteiger charge is 2.35. The third-order valence-corrected chi connectivity index (χ3v) is 6.98. The van der Waals surface area contributed by atoms with E-state index in [1.165, 1.54) is 4.31 Å². The van der Waals surface area contributed by atoms with Crippen LogP contribution >= 0.6 is 0 Å². The minimum absolute atomic E-state index is 0.0813. The molecule has 10 heteroatoms. The molecule has 1 amide bonds. The van der Waals surface area contributed by atoms with Crippen LogP contribution in [0.5, 0.6) is 0 Å². The number of likely N-dealkylation sites (N-methyl/N-ethyl adjacent to an activating group) is 1. The second kappa shape index (κ2) is 7.40. The monoisotopic (exact) mass is 370 g/mol. The Labute approximate surface area is 148 Å². The standard InChI is InChI=1S/C15H26N6O3S/c1-3-14-13(12-16-17-14)15(22)19-6-10-21(11-7-19)25(23,24)20-8-4-18(2)5-9-20/h12H,3-11H2,1-2H3,(H,16,17). The van der Waals surface area contributed by atoms with Crippen molar-refractivity contribution in [2.75, 3.05) is 59.4 Å². The first-order chi connectivity index (χ1) is 11.9. The Kier molecular flexibility index (Phi) is 5.42. The molecule has 0 bridgehead atoms. The highest BCUT2D eigenvalue weighted by Crippen LogP contribution is 2.17. The van der Waals surface area contributed by atoms with E-state index in [1.54, 1.807) is 15.4 Å². The number of rotatable bonds is 4. The van der Waals surface area contributed by atoms with Crippen LogP contribution in [0.4, 0.5) is 0 Å². The van der Waals surface area contributed by atoms with Crippen molar-refractivity contribution in [3.05, 3.63) is 17.5 Å². The van der Waals surface area contributed by atoms with Crippen molar-refractivity contribution >= 4 is 16.1 Å². The van der Waals surface area contributed by atoms with E-state index < -0.39 is 10.2 Å². The third-order valence-electron chi connectivity index (χ3n) is 4.94. The fourth-order valence-corrected chi connectivity index (χ4v) is 4.82. The van der Waals surface area contributed by atoms with Crippen molar-refractivity contribution in [2.45, 2.75) is 13.3 Å². The molecule has 0 saturated carbocycles. The molecule has 9 nitrogen and oxygen atoms in total. The molecule has 2 aliphatic rings. The first-order valence-corrected chi connectivity index (χ1v) is 10.1. The van der Waals surface area contributed by atoms with E-state index in [0.717, 1.165) is 18.8 Å². The topological polar surface area (TPSA) is 92.8 Å². The number of carbonyl (C=O) groups is 1. The Bertz CT molecular complexity index is 703. The van der Waals surface area contributed by atoms with Crippen LogP contribution in [0.15, 0.2) is 6.20 Å². The largest absolute Gasteiger partial charge is 0.336 e. The lowest BCUT2D eigenvalue weighted by atomic mass is 10.2. The Morgan fingerprint density at radius 3 is 2.20 bits per heavy atom. The number of hydrogen-bond acceptors (Lipinski definition) is 5. The molecular weight excluding hydrogens is 344 g/mol. The number of piperazine rings is 2. The van der Waals surface area contributed by atoms with Crippen LogP contribution in [-0.4, -0.2) is 102 Å². The lowest BCUT2D eigenvalue weighted by molar-refractivity contribution is 0.0691. The van der Waals surface area contributed by atoms with Crippen molar-refractivity contribution in [3.8, 4) is 0 Å². The average Bonchev–Trinajstić information content (AvgIpc) is 3.10. The number of hydrogen-bond donors (Lipinski definition) is 1. The summed E-state index contributed by atoms with van der Waals surface area (Å²) in [5.74, 6) is -0.0813. The normalized spacial score (nSPS) is 21.6. The average molecular weight is 370 g/mol. The van der Waals surface area contributed by atoms with Gasteiger partial charge in [0.25, 0.3) is 16.1 Å². The van der Waals surface area contributed by atoms with Crippen molar-refractivity contribution in [2.24, 2.45) is 0 Å². The van der Waals surface area contributed by atoms with Gasteiger partial charge < -0.3 is 9.80 Å². The Morgan fingerprint density at radius 1 is 1.08 bits per heavy atom. The Balaban J connectivity index is 1.61. The summed E-state index contributed by atoms with van der Waals surface area (Å²) in [6.07, 6.45) is 2.26. The summed E-state index contributed by atoms with van der Waals surface area (Å²) in [5.41, 5.74) is 1.40. The van der Waals surface area contributed by atoms with Gasteiger partial charge in [0, 0.05) is 58.1 Å². The number of amides is 1. The molecule has 0 aromatic carbocycles. The minimum atomic E-state index is -3.44. The maximum Gasteiger partial charge on any atom is 0.282 e. The van der Waals surface area contributed by atoms with E-state index in [-0.39, 0.29) is 5.91 Å². The van der Waals surface area contributed by atoms with Crippen LogP contribution in [0.25, 0.3) is 0 Å². The fourth-order valence-electron chi connectivity index (χ4n) is 3.24. The second-order valence-electron chi connectivity index (χ2n) is 6.52. The number of aryl methyl sites for hydroxylation is 1. The first kappa shape index (κ1) is 18.3. The molecule has 0 spiro atoms. The molecule has 3 heterocycles. The molecule has 1 aromatic rings. The van der Waals surface area contributed by atoms with Gasteiger partial charge in [-0.3, -0.25) is 9.89 Å². The SMILES string of the molecule is CCc1[nH]ncc1C(=O)N1CCN(S(=O)(=O)N2CCN(C)CC2)CC1. The molecule has 1 N–H and O–H groups in total. The summed E-state index contributed by atoms with van der Waals surface area (Å²) < 4.78 is 28.6. The van der Waals surface area contributed by atoms with Crippen molar-refractivity contribution in [1.82, 2.24) is 28.6 Å². The van der Waals surface area contributed by atoms with E-state index in [4.69, 9.17) is 0 Å². The summed E-state index contributed by atoms with van der Waals surface area (Å²) >= 11 is 0. The van der Waals surface area contributed by atoms with Crippen molar-refractivity contribution in [1.29, 1.82) is 0 Å². The predicted molar refractivity (Wildman–Crippen MR) is 93.4 cm³/mol. The maximum atomic E-state index is 12.8. The highest BCUT2D eigenvalue weighted by atomic mass is 32.2. The van der Waals surface area contributed by atoms with Crippen LogP contribution in [0.2, 0.25) is 0 Å². The molecule has 1 aromatic heterocycles. The van der Waals surface area contributed by atoms with Gasteiger partial charge in [-0.2, -0.15) is 22.1 Å². The lowest BCUT2D eigenvalue weighted by Gasteiger charge is -2.39. The smallest absolute Gasteiger partial charge is 0.282 e. The van der Waals surface area contributed by atoms with E-state index in [0.29, 0.717) is 51.3 Å². The zero-order valence-corrected chi connectivity index (χ0v) is 15.6. The molecule has 2 aliphatic heterocycles. The summed E-state index contributed by atoms with van der Waals surface area (Å²) in [6.45, 7) is 5.97. The summed E-state index contributed by atoms with van der Waals surface area (Å²) in [6, 6.07) is 0. The number of aromatic nitrogens is 2. The number of carbonyl (C=O) groups excluding carboxylic acids is 1. The molecule has 0 aliphatic carbocycles. The first-order valence-electron chi connectivity index (χ1n) is 8.68. The van der Waals surface area contributed by atoms with Gasteiger partial charge in [-0.25, -0.2) is 0 Å². The van der Waals surface area contributed by atoms with E-state index >= 15 is 0 Å². The number of nitrogens with one attached hydrogen (secondary N) is 1. The van der Waals surface area contributed by atoms with Crippen molar-refractivity contribution in [3.63, 3.8) is 0 Å². The summed E-state index contributed by atoms with van der Waals surface area (Å²) in [7, 11) is -1.45. The van der Waals surface area contributed by atoms with Gasteiger partial charge >= 0.3 is 0 Å². The van der Waals surface area contributed by atoms with Gasteiger partial charge in [0.15, 0.2) is 0 Å². The van der Waals surface area contributed by atoms with Crippen LogP contribution in [0, 0.1) is 0 Å². The van der Waals surface area contributed by atoms with Gasteiger partial charge in [0.1, 0.15) is 0 Å². The third kappa shape index (κ3) is 3.71. The van der Waals surface area contributed by atoms with Crippen LogP contribution in [-0.2, 0) is 16.6 Å². The predicted octanol–water partition coefficient (Wildman–Crippen LogP) is -0.778. The van der Waals surface area contributed by atoms with Crippen molar-refractivity contribution < 1.29 is 13.2 Å². The number of nitrogens with zero attached hydrogens (tertiary/aromatic N) is 5. The molecule has 3 rings (SSSR count). The van der Waals surface area contributed by atoms with Crippen LogP contribution in [0.3, 0.4) is 0 Å². The molecule has 25 heavy (non-hydrogen) atoms. The van der Waals surface area contributed by atoms with Gasteiger partial charge in [-0.15, -0.1) is 0 Å². The molecule has 0 atom stereocenters. The zero-order chi connectivity index (χ0) is 18.0. The molecule has 2 saturated heterocycles.